The Labute approximate surface area is 159 Å². The van der Waals surface area contributed by atoms with Crippen LogP contribution >= 0.6 is 24.8 Å². The maximum Gasteiger partial charge on any atom is 0.253 e. The number of benzene rings is 1. The number of aromatic nitrogens is 2. The zero-order valence-corrected chi connectivity index (χ0v) is 15.4. The Kier molecular flexibility index (Phi) is 6.58. The molecule has 8 heteroatoms. The van der Waals surface area contributed by atoms with Gasteiger partial charge in [-0.3, -0.25) is 9.78 Å². The average molecular weight is 382 g/mol. The SMILES string of the molecule is Cl.Cl.O=C(c1ccc2c(c1)CNC2)N1CCN(c2cnccn2)CC1. The van der Waals surface area contributed by atoms with Crippen LogP contribution in [0.15, 0.2) is 36.8 Å². The molecule has 25 heavy (non-hydrogen) atoms. The first-order chi connectivity index (χ1) is 11.3. The van der Waals surface area contributed by atoms with Gasteiger partial charge in [-0.2, -0.15) is 0 Å². The van der Waals surface area contributed by atoms with Gasteiger partial charge in [0.1, 0.15) is 5.82 Å². The lowest BCUT2D eigenvalue weighted by Crippen LogP contribution is -2.49. The first-order valence-electron chi connectivity index (χ1n) is 7.94. The van der Waals surface area contributed by atoms with Crippen LogP contribution in [0.4, 0.5) is 5.82 Å². The van der Waals surface area contributed by atoms with E-state index in [0.29, 0.717) is 13.1 Å². The van der Waals surface area contributed by atoms with Gasteiger partial charge in [0.15, 0.2) is 0 Å². The first-order valence-corrected chi connectivity index (χ1v) is 7.94. The van der Waals surface area contributed by atoms with E-state index in [2.05, 4.69) is 26.3 Å². The monoisotopic (exact) mass is 381 g/mol. The Morgan fingerprint density at radius 1 is 1.00 bits per heavy atom. The van der Waals surface area contributed by atoms with Crippen molar-refractivity contribution in [3.8, 4) is 0 Å². The number of amides is 1. The molecule has 1 N–H and O–H groups in total. The van der Waals surface area contributed by atoms with E-state index in [1.807, 2.05) is 17.0 Å². The quantitative estimate of drug-likeness (QED) is 0.860. The predicted molar refractivity (Wildman–Crippen MR) is 102 cm³/mol. The van der Waals surface area contributed by atoms with Crippen molar-refractivity contribution in [2.24, 2.45) is 0 Å². The Morgan fingerprint density at radius 3 is 2.48 bits per heavy atom. The second-order valence-corrected chi connectivity index (χ2v) is 5.93. The number of nitrogens with zero attached hydrogens (tertiary/aromatic N) is 4. The minimum absolute atomic E-state index is 0. The van der Waals surface area contributed by atoms with Gasteiger partial charge in [-0.25, -0.2) is 4.98 Å². The molecule has 0 radical (unpaired) electrons. The highest BCUT2D eigenvalue weighted by Crippen LogP contribution is 2.19. The zero-order chi connectivity index (χ0) is 15.6. The molecule has 4 rings (SSSR count). The van der Waals surface area contributed by atoms with Crippen LogP contribution in [0.25, 0.3) is 0 Å². The molecule has 0 bridgehead atoms. The van der Waals surface area contributed by atoms with E-state index in [4.69, 9.17) is 0 Å². The summed E-state index contributed by atoms with van der Waals surface area (Å²) >= 11 is 0. The lowest BCUT2D eigenvalue weighted by atomic mass is 10.1. The molecule has 2 aliphatic heterocycles. The molecule has 1 aromatic heterocycles. The van der Waals surface area contributed by atoms with Crippen molar-refractivity contribution < 1.29 is 4.79 Å². The second-order valence-electron chi connectivity index (χ2n) is 5.93. The summed E-state index contributed by atoms with van der Waals surface area (Å²) in [5.74, 6) is 1.00. The van der Waals surface area contributed by atoms with Crippen molar-refractivity contribution in [2.75, 3.05) is 31.1 Å². The third kappa shape index (κ3) is 4.03. The Hall–Kier alpha value is -1.89. The molecule has 0 saturated carbocycles. The standard InChI is InChI=1S/C17H19N5O.2ClH/c23-17(13-1-2-14-10-19-11-15(14)9-13)22-7-5-21(6-8-22)16-12-18-3-4-20-16;;/h1-4,9,12,19H,5-8,10-11H2;2*1H. The number of hydrogen-bond acceptors (Lipinski definition) is 5. The Balaban J connectivity index is 0.00000113. The van der Waals surface area contributed by atoms with Crippen LogP contribution in [-0.2, 0) is 13.1 Å². The van der Waals surface area contributed by atoms with Crippen molar-refractivity contribution in [2.45, 2.75) is 13.1 Å². The van der Waals surface area contributed by atoms with Crippen molar-refractivity contribution in [3.63, 3.8) is 0 Å². The summed E-state index contributed by atoms with van der Waals surface area (Å²) in [6.45, 7) is 4.76. The maximum absolute atomic E-state index is 12.7. The van der Waals surface area contributed by atoms with Gasteiger partial charge in [0.05, 0.1) is 6.20 Å². The molecule has 3 heterocycles. The number of hydrogen-bond donors (Lipinski definition) is 1. The first kappa shape index (κ1) is 19.4. The number of carbonyl (C=O) groups is 1. The molecule has 0 atom stereocenters. The van der Waals surface area contributed by atoms with E-state index in [9.17, 15) is 4.79 Å². The number of fused-ring (bicyclic) bond motifs is 1. The van der Waals surface area contributed by atoms with Crippen LogP contribution < -0.4 is 10.2 Å². The third-order valence-electron chi connectivity index (χ3n) is 4.52. The highest BCUT2D eigenvalue weighted by molar-refractivity contribution is 5.94. The van der Waals surface area contributed by atoms with Gasteiger partial charge in [0.2, 0.25) is 0 Å². The fourth-order valence-corrected chi connectivity index (χ4v) is 3.20. The largest absolute Gasteiger partial charge is 0.352 e. The number of nitrogens with one attached hydrogen (secondary N) is 1. The van der Waals surface area contributed by atoms with Gasteiger partial charge < -0.3 is 15.1 Å². The average Bonchev–Trinajstić information content (AvgIpc) is 3.10. The molecule has 1 saturated heterocycles. The zero-order valence-electron chi connectivity index (χ0n) is 13.7. The fourth-order valence-electron chi connectivity index (χ4n) is 3.20. The molecule has 1 aromatic carbocycles. The van der Waals surface area contributed by atoms with Gasteiger partial charge in [-0.15, -0.1) is 24.8 Å². The van der Waals surface area contributed by atoms with Crippen LogP contribution in [-0.4, -0.2) is 47.0 Å². The molecule has 1 amide bonds. The number of anilines is 1. The lowest BCUT2D eigenvalue weighted by Gasteiger charge is -2.35. The van der Waals surface area contributed by atoms with Crippen LogP contribution in [0.5, 0.6) is 0 Å². The van der Waals surface area contributed by atoms with Gasteiger partial charge in [-0.1, -0.05) is 6.07 Å². The fraction of sp³-hybridized carbons (Fsp3) is 0.353. The summed E-state index contributed by atoms with van der Waals surface area (Å²) in [5, 5.41) is 3.31. The highest BCUT2D eigenvalue weighted by Gasteiger charge is 2.23. The molecule has 0 aliphatic carbocycles. The van der Waals surface area contributed by atoms with E-state index < -0.39 is 0 Å². The van der Waals surface area contributed by atoms with Gasteiger partial charge in [0.25, 0.3) is 5.91 Å². The lowest BCUT2D eigenvalue weighted by molar-refractivity contribution is 0.0746. The van der Waals surface area contributed by atoms with Gasteiger partial charge >= 0.3 is 0 Å². The molecule has 2 aliphatic rings. The van der Waals surface area contributed by atoms with Crippen molar-refractivity contribution in [1.29, 1.82) is 0 Å². The number of carbonyl (C=O) groups excluding carboxylic acids is 1. The van der Waals surface area contributed by atoms with Crippen LogP contribution in [0, 0.1) is 0 Å². The maximum atomic E-state index is 12.7. The number of rotatable bonds is 2. The summed E-state index contributed by atoms with van der Waals surface area (Å²) < 4.78 is 0. The predicted octanol–water partition coefficient (Wildman–Crippen LogP) is 1.89. The molecule has 1 fully saturated rings. The van der Waals surface area contributed by atoms with Gasteiger partial charge in [-0.05, 0) is 23.3 Å². The Bertz CT molecular complexity index is 720. The molecular formula is C17H21Cl2N5O. The smallest absolute Gasteiger partial charge is 0.253 e. The minimum atomic E-state index is 0. The highest BCUT2D eigenvalue weighted by atomic mass is 35.5. The molecule has 134 valence electrons. The summed E-state index contributed by atoms with van der Waals surface area (Å²) in [5.41, 5.74) is 3.34. The van der Waals surface area contributed by atoms with Crippen LogP contribution in [0.2, 0.25) is 0 Å². The van der Waals surface area contributed by atoms with Crippen LogP contribution in [0.3, 0.4) is 0 Å². The number of halogens is 2. The van der Waals surface area contributed by atoms with Crippen molar-refractivity contribution in [1.82, 2.24) is 20.2 Å². The summed E-state index contributed by atoms with van der Waals surface area (Å²) in [6.07, 6.45) is 5.14. The summed E-state index contributed by atoms with van der Waals surface area (Å²) in [7, 11) is 0. The van der Waals surface area contributed by atoms with E-state index in [1.165, 1.54) is 11.1 Å². The van der Waals surface area contributed by atoms with E-state index in [1.54, 1.807) is 18.6 Å². The van der Waals surface area contributed by atoms with Crippen molar-refractivity contribution >= 4 is 36.5 Å². The summed E-state index contributed by atoms with van der Waals surface area (Å²) in [6, 6.07) is 6.05. The third-order valence-corrected chi connectivity index (χ3v) is 4.52. The normalized spacial score (nSPS) is 15.8. The molecular weight excluding hydrogens is 361 g/mol. The molecule has 2 aromatic rings. The van der Waals surface area contributed by atoms with Gasteiger partial charge in [0, 0.05) is 57.2 Å². The van der Waals surface area contributed by atoms with E-state index in [0.717, 1.165) is 37.6 Å². The second kappa shape index (κ2) is 8.47. The molecule has 0 spiro atoms. The topological polar surface area (TPSA) is 61.4 Å². The number of piperazine rings is 1. The van der Waals surface area contributed by atoms with E-state index >= 15 is 0 Å². The van der Waals surface area contributed by atoms with Crippen LogP contribution in [0.1, 0.15) is 21.5 Å². The minimum Gasteiger partial charge on any atom is -0.352 e. The molecule has 6 nitrogen and oxygen atoms in total. The Morgan fingerprint density at radius 2 is 1.76 bits per heavy atom. The molecule has 0 unspecified atom stereocenters. The van der Waals surface area contributed by atoms with Crippen molar-refractivity contribution in [3.05, 3.63) is 53.5 Å². The summed E-state index contributed by atoms with van der Waals surface area (Å²) in [4.78, 5) is 25.2. The van der Waals surface area contributed by atoms with E-state index in [-0.39, 0.29) is 30.7 Å².